The van der Waals surface area contributed by atoms with E-state index < -0.39 is 0 Å². The molecular formula is C12H19N3. The van der Waals surface area contributed by atoms with E-state index in [0.717, 1.165) is 5.92 Å². The summed E-state index contributed by atoms with van der Waals surface area (Å²) in [6.45, 7) is 0. The predicted molar refractivity (Wildman–Crippen MR) is 59.7 cm³/mol. The van der Waals surface area contributed by atoms with Crippen molar-refractivity contribution in [3.8, 4) is 0 Å². The van der Waals surface area contributed by atoms with E-state index in [4.69, 9.17) is 5.73 Å². The fourth-order valence-electron chi connectivity index (χ4n) is 2.70. The fraction of sp³-hybridized carbons (Fsp3) is 0.750. The highest BCUT2D eigenvalue weighted by Crippen LogP contribution is 2.42. The van der Waals surface area contributed by atoms with E-state index in [1.54, 1.807) is 0 Å². The molecule has 82 valence electrons. The van der Waals surface area contributed by atoms with Crippen LogP contribution in [0.3, 0.4) is 0 Å². The summed E-state index contributed by atoms with van der Waals surface area (Å²) in [4.78, 5) is 4.31. The largest absolute Gasteiger partial charge is 0.331 e. The molecule has 1 heterocycles. The van der Waals surface area contributed by atoms with Crippen LogP contribution in [0, 0.1) is 0 Å². The zero-order valence-corrected chi connectivity index (χ0v) is 9.10. The number of hydrogen-bond acceptors (Lipinski definition) is 2. The molecule has 15 heavy (non-hydrogen) atoms. The lowest BCUT2D eigenvalue weighted by Gasteiger charge is -2.28. The Morgan fingerprint density at radius 1 is 1.13 bits per heavy atom. The van der Waals surface area contributed by atoms with E-state index >= 15 is 0 Å². The molecule has 0 atom stereocenters. The minimum Gasteiger partial charge on any atom is -0.331 e. The second-order valence-electron chi connectivity index (χ2n) is 5.07. The molecule has 2 saturated carbocycles. The maximum absolute atomic E-state index is 5.94. The Bertz CT molecular complexity index is 332. The highest BCUT2D eigenvalue weighted by molar-refractivity contribution is 5.13. The Labute approximate surface area is 90.7 Å². The van der Waals surface area contributed by atoms with Gasteiger partial charge in [-0.05, 0) is 38.5 Å². The molecule has 1 aromatic heterocycles. The highest BCUT2D eigenvalue weighted by atomic mass is 15.1. The van der Waals surface area contributed by atoms with Gasteiger partial charge < -0.3 is 10.3 Å². The molecule has 3 heteroatoms. The Kier molecular flexibility index (Phi) is 2.28. The van der Waals surface area contributed by atoms with Crippen LogP contribution in [-0.2, 0) is 0 Å². The maximum atomic E-state index is 5.94. The summed E-state index contributed by atoms with van der Waals surface area (Å²) >= 11 is 0. The van der Waals surface area contributed by atoms with Crippen molar-refractivity contribution in [2.24, 2.45) is 5.73 Å². The van der Waals surface area contributed by atoms with Gasteiger partial charge in [-0.25, -0.2) is 4.98 Å². The van der Waals surface area contributed by atoms with E-state index in [1.807, 2.05) is 6.33 Å². The molecule has 2 N–H and O–H groups in total. The number of aromatic nitrogens is 2. The average Bonchev–Trinajstić information content (AvgIpc) is 2.98. The molecule has 0 amide bonds. The summed E-state index contributed by atoms with van der Waals surface area (Å²) in [5.41, 5.74) is 7.40. The van der Waals surface area contributed by atoms with Crippen LogP contribution in [0.25, 0.3) is 0 Å². The molecule has 3 nitrogen and oxygen atoms in total. The zero-order chi connectivity index (χ0) is 10.3. The Hall–Kier alpha value is -0.830. The summed E-state index contributed by atoms with van der Waals surface area (Å²) in [5, 5.41) is 0. The average molecular weight is 205 g/mol. The van der Waals surface area contributed by atoms with Crippen LogP contribution in [0.2, 0.25) is 0 Å². The zero-order valence-electron chi connectivity index (χ0n) is 9.10. The lowest BCUT2D eigenvalue weighted by molar-refractivity contribution is 0.318. The predicted octanol–water partition coefficient (Wildman–Crippen LogP) is 2.20. The van der Waals surface area contributed by atoms with Crippen LogP contribution in [0.15, 0.2) is 12.5 Å². The normalized spacial score (nSPS) is 31.8. The van der Waals surface area contributed by atoms with Gasteiger partial charge in [0.15, 0.2) is 0 Å². The van der Waals surface area contributed by atoms with E-state index in [2.05, 4.69) is 15.7 Å². The summed E-state index contributed by atoms with van der Waals surface area (Å²) in [7, 11) is 0. The number of rotatable bonds is 2. The first-order valence-electron chi connectivity index (χ1n) is 6.12. The second-order valence-corrected chi connectivity index (χ2v) is 5.07. The molecule has 3 rings (SSSR count). The fourth-order valence-corrected chi connectivity index (χ4v) is 2.70. The molecule has 0 spiro atoms. The number of nitrogens with two attached hydrogens (primary N) is 1. The van der Waals surface area contributed by atoms with Gasteiger partial charge in [-0.1, -0.05) is 0 Å². The van der Waals surface area contributed by atoms with E-state index in [-0.39, 0.29) is 0 Å². The number of hydrogen-bond donors (Lipinski definition) is 1. The van der Waals surface area contributed by atoms with Crippen LogP contribution in [0.4, 0.5) is 0 Å². The van der Waals surface area contributed by atoms with Gasteiger partial charge in [0, 0.05) is 29.9 Å². The second kappa shape index (κ2) is 3.63. The van der Waals surface area contributed by atoms with Crippen LogP contribution in [-0.4, -0.2) is 15.6 Å². The third kappa shape index (κ3) is 1.81. The Balaban J connectivity index is 1.77. The molecule has 2 aliphatic rings. The first-order valence-corrected chi connectivity index (χ1v) is 6.12. The van der Waals surface area contributed by atoms with Gasteiger partial charge in [-0.15, -0.1) is 0 Å². The molecule has 2 aliphatic carbocycles. The lowest BCUT2D eigenvalue weighted by atomic mass is 9.91. The van der Waals surface area contributed by atoms with Gasteiger partial charge in [-0.3, -0.25) is 0 Å². The van der Waals surface area contributed by atoms with Crippen molar-refractivity contribution < 1.29 is 0 Å². The summed E-state index contributed by atoms with van der Waals surface area (Å²) in [6, 6.07) is 1.11. The van der Waals surface area contributed by atoms with Crippen molar-refractivity contribution in [1.29, 1.82) is 0 Å². The molecule has 0 saturated heterocycles. The maximum Gasteiger partial charge on any atom is 0.0950 e. The molecule has 1 aromatic rings. The minimum absolute atomic E-state index is 0.439. The molecule has 0 bridgehead atoms. The van der Waals surface area contributed by atoms with Gasteiger partial charge in [0.05, 0.1) is 6.33 Å². The van der Waals surface area contributed by atoms with Crippen molar-refractivity contribution in [2.75, 3.05) is 0 Å². The smallest absolute Gasteiger partial charge is 0.0950 e. The van der Waals surface area contributed by atoms with Crippen LogP contribution in [0.1, 0.15) is 56.2 Å². The Morgan fingerprint density at radius 2 is 1.87 bits per heavy atom. The monoisotopic (exact) mass is 205 g/mol. The Morgan fingerprint density at radius 3 is 2.53 bits per heavy atom. The minimum atomic E-state index is 0.439. The summed E-state index contributed by atoms with van der Waals surface area (Å²) in [6.07, 6.45) is 11.6. The number of imidazole rings is 1. The van der Waals surface area contributed by atoms with Crippen molar-refractivity contribution in [3.05, 3.63) is 18.2 Å². The van der Waals surface area contributed by atoms with Crippen molar-refractivity contribution >= 4 is 0 Å². The van der Waals surface area contributed by atoms with Crippen LogP contribution < -0.4 is 5.73 Å². The summed E-state index contributed by atoms with van der Waals surface area (Å²) in [5.74, 6) is 0.808. The van der Waals surface area contributed by atoms with E-state index in [0.29, 0.717) is 12.1 Å². The van der Waals surface area contributed by atoms with Gasteiger partial charge in [0.25, 0.3) is 0 Å². The quantitative estimate of drug-likeness (QED) is 0.804. The molecular weight excluding hydrogens is 186 g/mol. The van der Waals surface area contributed by atoms with Crippen LogP contribution in [0.5, 0.6) is 0 Å². The van der Waals surface area contributed by atoms with E-state index in [9.17, 15) is 0 Å². The molecule has 0 aliphatic heterocycles. The van der Waals surface area contributed by atoms with Crippen molar-refractivity contribution in [1.82, 2.24) is 9.55 Å². The molecule has 0 aromatic carbocycles. The third-order valence-corrected chi connectivity index (χ3v) is 3.83. The first-order chi connectivity index (χ1) is 7.34. The van der Waals surface area contributed by atoms with Gasteiger partial charge in [0.2, 0.25) is 0 Å². The van der Waals surface area contributed by atoms with Crippen LogP contribution >= 0.6 is 0 Å². The topological polar surface area (TPSA) is 43.8 Å². The standard InChI is InChI=1S/C12H19N3/c13-10-3-5-11(6-4-10)15-8-14-7-12(15)9-1-2-9/h7-11H,1-6,13H2. The van der Waals surface area contributed by atoms with Crippen molar-refractivity contribution in [3.63, 3.8) is 0 Å². The first kappa shape index (κ1) is 9.40. The van der Waals surface area contributed by atoms with E-state index in [1.165, 1.54) is 44.2 Å². The number of nitrogens with zero attached hydrogens (tertiary/aromatic N) is 2. The lowest BCUT2D eigenvalue weighted by Crippen LogP contribution is -2.28. The molecule has 2 fully saturated rings. The van der Waals surface area contributed by atoms with Gasteiger partial charge in [0.1, 0.15) is 0 Å². The SMILES string of the molecule is NC1CCC(n2cncc2C2CC2)CC1. The molecule has 0 unspecified atom stereocenters. The van der Waals surface area contributed by atoms with Crippen molar-refractivity contribution in [2.45, 2.75) is 56.5 Å². The van der Waals surface area contributed by atoms with Gasteiger partial charge in [-0.2, -0.15) is 0 Å². The summed E-state index contributed by atoms with van der Waals surface area (Å²) < 4.78 is 2.42. The highest BCUT2D eigenvalue weighted by Gasteiger charge is 2.29. The van der Waals surface area contributed by atoms with Gasteiger partial charge >= 0.3 is 0 Å². The third-order valence-electron chi connectivity index (χ3n) is 3.83. The molecule has 0 radical (unpaired) electrons.